The van der Waals surface area contributed by atoms with E-state index >= 15 is 0 Å². The topological polar surface area (TPSA) is 68.1 Å². The van der Waals surface area contributed by atoms with Crippen molar-refractivity contribution in [2.75, 3.05) is 5.32 Å². The van der Waals surface area contributed by atoms with Crippen LogP contribution < -0.4 is 5.32 Å². The zero-order valence-electron chi connectivity index (χ0n) is 11.4. The highest BCUT2D eigenvalue weighted by atomic mass is 16.6. The summed E-state index contributed by atoms with van der Waals surface area (Å²) in [6, 6.07) is 3.48. The third-order valence-electron chi connectivity index (χ3n) is 2.83. The molecule has 18 heavy (non-hydrogen) atoms. The normalized spacial score (nSPS) is 12.5. The van der Waals surface area contributed by atoms with Crippen molar-refractivity contribution < 1.29 is 4.92 Å². The number of aromatic nitrogens is 1. The molecule has 0 aliphatic heterocycles. The number of hydrogen-bond donors (Lipinski definition) is 1. The lowest BCUT2D eigenvalue weighted by molar-refractivity contribution is -0.385. The Morgan fingerprint density at radius 1 is 1.33 bits per heavy atom. The second kappa shape index (κ2) is 6.33. The van der Waals surface area contributed by atoms with Crippen LogP contribution in [0.1, 0.15) is 39.3 Å². The second-order valence-corrected chi connectivity index (χ2v) is 5.07. The summed E-state index contributed by atoms with van der Waals surface area (Å²) in [4.78, 5) is 14.5. The summed E-state index contributed by atoms with van der Waals surface area (Å²) >= 11 is 0. The minimum Gasteiger partial charge on any atom is -0.368 e. The SMILES string of the molecule is Cc1nc(NC(C)CCC(C)C)ccc1[N+](=O)[O-]. The molecule has 0 amide bonds. The summed E-state index contributed by atoms with van der Waals surface area (Å²) in [5.74, 6) is 1.38. The molecule has 1 rings (SSSR count). The highest BCUT2D eigenvalue weighted by molar-refractivity contribution is 5.45. The largest absolute Gasteiger partial charge is 0.368 e. The van der Waals surface area contributed by atoms with Gasteiger partial charge in [-0.2, -0.15) is 0 Å². The Bertz CT molecular complexity index is 419. The summed E-state index contributed by atoms with van der Waals surface area (Å²) < 4.78 is 0. The summed E-state index contributed by atoms with van der Waals surface area (Å²) in [5.41, 5.74) is 0.511. The van der Waals surface area contributed by atoms with Gasteiger partial charge in [-0.25, -0.2) is 4.98 Å². The van der Waals surface area contributed by atoms with E-state index in [0.29, 0.717) is 23.5 Å². The predicted molar refractivity (Wildman–Crippen MR) is 72.8 cm³/mol. The lowest BCUT2D eigenvalue weighted by Gasteiger charge is -2.15. The minimum absolute atomic E-state index is 0.0652. The van der Waals surface area contributed by atoms with Crippen molar-refractivity contribution in [1.29, 1.82) is 0 Å². The number of pyridine rings is 1. The van der Waals surface area contributed by atoms with Crippen LogP contribution in [0.15, 0.2) is 12.1 Å². The Kier molecular flexibility index (Phi) is 5.07. The van der Waals surface area contributed by atoms with E-state index in [1.807, 2.05) is 0 Å². The average molecular weight is 251 g/mol. The monoisotopic (exact) mass is 251 g/mol. The number of rotatable bonds is 6. The van der Waals surface area contributed by atoms with Gasteiger partial charge in [0, 0.05) is 12.1 Å². The quantitative estimate of drug-likeness (QED) is 0.620. The Morgan fingerprint density at radius 3 is 2.50 bits per heavy atom. The van der Waals surface area contributed by atoms with Gasteiger partial charge in [-0.15, -0.1) is 0 Å². The van der Waals surface area contributed by atoms with Gasteiger partial charge in [-0.05, 0) is 38.7 Å². The number of nitrogens with one attached hydrogen (secondary N) is 1. The van der Waals surface area contributed by atoms with E-state index in [-0.39, 0.29) is 5.69 Å². The summed E-state index contributed by atoms with van der Waals surface area (Å²) in [6.45, 7) is 8.14. The van der Waals surface area contributed by atoms with Crippen LogP contribution in [0, 0.1) is 23.0 Å². The van der Waals surface area contributed by atoms with Gasteiger partial charge in [0.05, 0.1) is 4.92 Å². The van der Waals surface area contributed by atoms with Crippen molar-refractivity contribution in [2.45, 2.75) is 46.6 Å². The van der Waals surface area contributed by atoms with Crippen LogP contribution in [0.25, 0.3) is 0 Å². The second-order valence-electron chi connectivity index (χ2n) is 5.07. The minimum atomic E-state index is -0.408. The molecule has 0 saturated heterocycles. The maximum atomic E-state index is 10.7. The van der Waals surface area contributed by atoms with Crippen LogP contribution >= 0.6 is 0 Å². The molecule has 0 bridgehead atoms. The van der Waals surface area contributed by atoms with Crippen molar-refractivity contribution in [3.63, 3.8) is 0 Å². The number of anilines is 1. The third kappa shape index (κ3) is 4.31. The molecule has 5 nitrogen and oxygen atoms in total. The highest BCUT2D eigenvalue weighted by Gasteiger charge is 2.12. The van der Waals surface area contributed by atoms with Crippen molar-refractivity contribution in [1.82, 2.24) is 4.98 Å². The van der Waals surface area contributed by atoms with Gasteiger partial charge in [-0.1, -0.05) is 13.8 Å². The fourth-order valence-corrected chi connectivity index (χ4v) is 1.74. The zero-order chi connectivity index (χ0) is 13.7. The summed E-state index contributed by atoms with van der Waals surface area (Å²) in [5, 5.41) is 13.9. The van der Waals surface area contributed by atoms with Crippen molar-refractivity contribution in [2.24, 2.45) is 5.92 Å². The van der Waals surface area contributed by atoms with Gasteiger partial charge in [0.1, 0.15) is 11.5 Å². The highest BCUT2D eigenvalue weighted by Crippen LogP contribution is 2.19. The first kappa shape index (κ1) is 14.4. The van der Waals surface area contributed by atoms with Crippen LogP contribution in [0.5, 0.6) is 0 Å². The predicted octanol–water partition coefficient (Wildman–Crippen LogP) is 3.53. The fourth-order valence-electron chi connectivity index (χ4n) is 1.74. The van der Waals surface area contributed by atoms with E-state index in [0.717, 1.165) is 12.8 Å². The van der Waals surface area contributed by atoms with Gasteiger partial charge in [0.25, 0.3) is 5.69 Å². The number of hydrogen-bond acceptors (Lipinski definition) is 4. The molecular weight excluding hydrogens is 230 g/mol. The van der Waals surface area contributed by atoms with Crippen molar-refractivity contribution in [3.8, 4) is 0 Å². The van der Waals surface area contributed by atoms with E-state index in [4.69, 9.17) is 0 Å². The molecule has 1 N–H and O–H groups in total. The fraction of sp³-hybridized carbons (Fsp3) is 0.615. The van der Waals surface area contributed by atoms with Crippen LogP contribution in [0.3, 0.4) is 0 Å². The number of nitrogens with zero attached hydrogens (tertiary/aromatic N) is 2. The van der Waals surface area contributed by atoms with Crippen LogP contribution in [-0.4, -0.2) is 15.9 Å². The first-order chi connectivity index (χ1) is 8.40. The molecule has 1 heterocycles. The van der Waals surface area contributed by atoms with Crippen LogP contribution in [0.4, 0.5) is 11.5 Å². The van der Waals surface area contributed by atoms with Crippen molar-refractivity contribution in [3.05, 3.63) is 27.9 Å². The zero-order valence-corrected chi connectivity index (χ0v) is 11.4. The smallest absolute Gasteiger partial charge is 0.290 e. The molecule has 0 aliphatic rings. The van der Waals surface area contributed by atoms with E-state index in [1.165, 1.54) is 6.07 Å². The molecule has 0 aliphatic carbocycles. The molecule has 1 aromatic heterocycles. The van der Waals surface area contributed by atoms with Crippen LogP contribution in [0.2, 0.25) is 0 Å². The Hall–Kier alpha value is -1.65. The molecule has 1 aromatic rings. The van der Waals surface area contributed by atoms with E-state index in [2.05, 4.69) is 31.1 Å². The first-order valence-electron chi connectivity index (χ1n) is 6.28. The van der Waals surface area contributed by atoms with Gasteiger partial charge in [0.2, 0.25) is 0 Å². The molecule has 0 spiro atoms. The summed E-state index contributed by atoms with van der Waals surface area (Å²) in [6.07, 6.45) is 2.22. The van der Waals surface area contributed by atoms with Gasteiger partial charge >= 0.3 is 0 Å². The van der Waals surface area contributed by atoms with E-state index < -0.39 is 4.92 Å². The number of aryl methyl sites for hydroxylation is 1. The lowest BCUT2D eigenvalue weighted by Crippen LogP contribution is -2.17. The Labute approximate surface area is 108 Å². The molecule has 100 valence electrons. The van der Waals surface area contributed by atoms with Crippen molar-refractivity contribution >= 4 is 11.5 Å². The standard InChI is InChI=1S/C13H21N3O2/c1-9(2)5-6-10(3)14-13-8-7-12(16(17)18)11(4)15-13/h7-10H,5-6H2,1-4H3,(H,14,15). The Balaban J connectivity index is 2.63. The lowest BCUT2D eigenvalue weighted by atomic mass is 10.0. The third-order valence-corrected chi connectivity index (χ3v) is 2.83. The van der Waals surface area contributed by atoms with Gasteiger partial charge in [0.15, 0.2) is 0 Å². The first-order valence-corrected chi connectivity index (χ1v) is 6.28. The molecule has 0 saturated carbocycles. The average Bonchev–Trinajstić information content (AvgIpc) is 2.26. The molecule has 0 aromatic carbocycles. The van der Waals surface area contributed by atoms with Crippen LogP contribution in [-0.2, 0) is 0 Å². The molecule has 0 fully saturated rings. The molecular formula is C13H21N3O2. The van der Waals surface area contributed by atoms with E-state index in [9.17, 15) is 10.1 Å². The molecule has 1 unspecified atom stereocenters. The summed E-state index contributed by atoms with van der Waals surface area (Å²) in [7, 11) is 0. The molecule has 0 radical (unpaired) electrons. The molecule has 5 heteroatoms. The maximum Gasteiger partial charge on any atom is 0.290 e. The van der Waals surface area contributed by atoms with Gasteiger partial charge in [-0.3, -0.25) is 10.1 Å². The van der Waals surface area contributed by atoms with Gasteiger partial charge < -0.3 is 5.32 Å². The maximum absolute atomic E-state index is 10.7. The Morgan fingerprint density at radius 2 is 2.00 bits per heavy atom. The molecule has 1 atom stereocenters. The van der Waals surface area contributed by atoms with E-state index in [1.54, 1.807) is 13.0 Å². The number of nitro groups is 1.